The van der Waals surface area contributed by atoms with Gasteiger partial charge in [0.05, 0.1) is 5.56 Å². The fourth-order valence-corrected chi connectivity index (χ4v) is 2.03. The molecule has 0 aromatic heterocycles. The summed E-state index contributed by atoms with van der Waals surface area (Å²) in [6, 6.07) is 4.55. The van der Waals surface area contributed by atoms with Crippen molar-refractivity contribution >= 4 is 28.5 Å². The Balaban J connectivity index is 2.47. The minimum absolute atomic E-state index is 0.167. The number of nitrogens with one attached hydrogen (secondary N) is 2. The topological polar surface area (TPSA) is 41.1 Å². The summed E-state index contributed by atoms with van der Waals surface area (Å²) in [7, 11) is 0. The van der Waals surface area contributed by atoms with E-state index in [0.29, 0.717) is 21.7 Å². The average Bonchev–Trinajstić information content (AvgIpc) is 2.23. The van der Waals surface area contributed by atoms with Crippen LogP contribution in [0.15, 0.2) is 18.2 Å². The maximum Gasteiger partial charge on any atom is 0.252 e. The van der Waals surface area contributed by atoms with Gasteiger partial charge in [-0.25, -0.2) is 4.39 Å². The Labute approximate surface area is 114 Å². The smallest absolute Gasteiger partial charge is 0.252 e. The van der Waals surface area contributed by atoms with Crippen molar-refractivity contribution in [1.29, 1.82) is 0 Å². The number of amides is 1. The molecule has 1 rings (SSSR count). The van der Waals surface area contributed by atoms with Crippen molar-refractivity contribution in [3.8, 4) is 0 Å². The van der Waals surface area contributed by atoms with Gasteiger partial charge in [0.1, 0.15) is 5.82 Å². The van der Waals surface area contributed by atoms with Crippen molar-refractivity contribution in [2.45, 2.75) is 19.9 Å². The lowest BCUT2D eigenvalue weighted by Crippen LogP contribution is -2.34. The second-order valence-corrected chi connectivity index (χ2v) is 5.15. The van der Waals surface area contributed by atoms with Gasteiger partial charge in [-0.1, -0.05) is 13.8 Å². The quantitative estimate of drug-likeness (QED) is 0.631. The van der Waals surface area contributed by atoms with E-state index in [2.05, 4.69) is 10.6 Å². The van der Waals surface area contributed by atoms with Gasteiger partial charge in [0.15, 0.2) is 0 Å². The highest BCUT2D eigenvalue weighted by Crippen LogP contribution is 2.13. The largest absolute Gasteiger partial charge is 0.351 e. The summed E-state index contributed by atoms with van der Waals surface area (Å²) in [6.45, 7) is 5.38. The molecule has 0 radical (unpaired) electrons. The van der Waals surface area contributed by atoms with Crippen LogP contribution >= 0.6 is 22.6 Å². The molecule has 0 atom stereocenters. The zero-order valence-electron chi connectivity index (χ0n) is 9.89. The second-order valence-electron chi connectivity index (χ2n) is 3.99. The molecule has 2 N–H and O–H groups in total. The summed E-state index contributed by atoms with van der Waals surface area (Å²) < 4.78 is 13.5. The van der Waals surface area contributed by atoms with Gasteiger partial charge >= 0.3 is 0 Å². The fourth-order valence-electron chi connectivity index (χ4n) is 1.31. The van der Waals surface area contributed by atoms with E-state index in [4.69, 9.17) is 0 Å². The third-order valence-electron chi connectivity index (χ3n) is 2.14. The van der Waals surface area contributed by atoms with Crippen LogP contribution in [0.1, 0.15) is 24.2 Å². The van der Waals surface area contributed by atoms with Crippen LogP contribution in [0.3, 0.4) is 0 Å². The average molecular weight is 350 g/mol. The number of benzene rings is 1. The van der Waals surface area contributed by atoms with Gasteiger partial charge < -0.3 is 10.6 Å². The number of halogens is 2. The molecule has 0 aliphatic rings. The predicted octanol–water partition coefficient (Wildman–Crippen LogP) is 2.16. The van der Waals surface area contributed by atoms with Crippen molar-refractivity contribution < 1.29 is 9.18 Å². The van der Waals surface area contributed by atoms with E-state index in [9.17, 15) is 9.18 Å². The molecule has 0 heterocycles. The molecule has 0 aliphatic carbocycles. The van der Waals surface area contributed by atoms with Gasteiger partial charge in [-0.05, 0) is 40.8 Å². The van der Waals surface area contributed by atoms with Gasteiger partial charge in [-0.2, -0.15) is 0 Å². The van der Waals surface area contributed by atoms with E-state index >= 15 is 0 Å². The number of carbonyl (C=O) groups excluding carboxylic acids is 1. The zero-order chi connectivity index (χ0) is 12.8. The van der Waals surface area contributed by atoms with Crippen molar-refractivity contribution in [2.75, 3.05) is 13.1 Å². The van der Waals surface area contributed by atoms with Crippen molar-refractivity contribution in [3.63, 3.8) is 0 Å². The lowest BCUT2D eigenvalue weighted by molar-refractivity contribution is 0.0952. The molecular weight excluding hydrogens is 334 g/mol. The van der Waals surface area contributed by atoms with Crippen LogP contribution in [0.25, 0.3) is 0 Å². The molecule has 94 valence electrons. The van der Waals surface area contributed by atoms with E-state index in [-0.39, 0.29) is 11.7 Å². The number of rotatable bonds is 5. The normalized spacial score (nSPS) is 10.6. The highest BCUT2D eigenvalue weighted by atomic mass is 127. The van der Waals surface area contributed by atoms with Gasteiger partial charge in [0.25, 0.3) is 5.91 Å². The molecule has 1 aromatic rings. The molecule has 5 heteroatoms. The summed E-state index contributed by atoms with van der Waals surface area (Å²) in [4.78, 5) is 11.8. The summed E-state index contributed by atoms with van der Waals surface area (Å²) in [6.07, 6.45) is 0. The first-order chi connectivity index (χ1) is 8.00. The lowest BCUT2D eigenvalue weighted by Gasteiger charge is -2.09. The van der Waals surface area contributed by atoms with E-state index < -0.39 is 0 Å². The van der Waals surface area contributed by atoms with Crippen LogP contribution < -0.4 is 10.6 Å². The molecule has 0 saturated carbocycles. The lowest BCUT2D eigenvalue weighted by atomic mass is 10.2. The molecule has 0 saturated heterocycles. The molecule has 1 amide bonds. The predicted molar refractivity (Wildman–Crippen MR) is 74.6 cm³/mol. The molecule has 1 aromatic carbocycles. The molecular formula is C12H16FIN2O. The first-order valence-electron chi connectivity index (χ1n) is 5.47. The van der Waals surface area contributed by atoms with Gasteiger partial charge in [0.2, 0.25) is 0 Å². The molecule has 0 spiro atoms. The van der Waals surface area contributed by atoms with E-state index in [1.807, 2.05) is 36.4 Å². The maximum atomic E-state index is 12.9. The Hall–Kier alpha value is -0.690. The molecule has 0 unspecified atom stereocenters. The Kier molecular flexibility index (Phi) is 5.84. The van der Waals surface area contributed by atoms with Gasteiger partial charge in [-0.3, -0.25) is 4.79 Å². The monoisotopic (exact) mass is 350 g/mol. The summed E-state index contributed by atoms with van der Waals surface area (Å²) in [5.41, 5.74) is 0.511. The number of carbonyl (C=O) groups is 1. The van der Waals surface area contributed by atoms with Crippen LogP contribution in [-0.4, -0.2) is 25.0 Å². The minimum atomic E-state index is -0.326. The first-order valence-corrected chi connectivity index (χ1v) is 6.55. The van der Waals surface area contributed by atoms with Crippen LogP contribution in [0.5, 0.6) is 0 Å². The van der Waals surface area contributed by atoms with Gasteiger partial charge in [0, 0.05) is 22.7 Å². The Morgan fingerprint density at radius 1 is 1.41 bits per heavy atom. The maximum absolute atomic E-state index is 12.9. The number of hydrogen-bond acceptors (Lipinski definition) is 2. The second kappa shape index (κ2) is 6.90. The summed E-state index contributed by atoms with van der Waals surface area (Å²) >= 11 is 1.96. The molecule has 0 bridgehead atoms. The third-order valence-corrected chi connectivity index (χ3v) is 3.03. The van der Waals surface area contributed by atoms with E-state index in [0.717, 1.165) is 6.54 Å². The van der Waals surface area contributed by atoms with E-state index in [1.54, 1.807) is 0 Å². The zero-order valence-corrected chi connectivity index (χ0v) is 12.0. The van der Waals surface area contributed by atoms with Crippen LogP contribution in [0.4, 0.5) is 4.39 Å². The van der Waals surface area contributed by atoms with Crippen LogP contribution in [0.2, 0.25) is 0 Å². The minimum Gasteiger partial charge on any atom is -0.351 e. The molecule has 0 aliphatic heterocycles. The molecule has 17 heavy (non-hydrogen) atoms. The van der Waals surface area contributed by atoms with Gasteiger partial charge in [-0.15, -0.1) is 0 Å². The molecule has 3 nitrogen and oxygen atoms in total. The van der Waals surface area contributed by atoms with Crippen molar-refractivity contribution in [3.05, 3.63) is 33.1 Å². The van der Waals surface area contributed by atoms with Crippen molar-refractivity contribution in [2.24, 2.45) is 0 Å². The van der Waals surface area contributed by atoms with Crippen molar-refractivity contribution in [1.82, 2.24) is 10.6 Å². The van der Waals surface area contributed by atoms with E-state index in [1.165, 1.54) is 18.2 Å². The summed E-state index contributed by atoms with van der Waals surface area (Å²) in [5.74, 6) is -0.493. The standard InChI is InChI=1S/C12H16FIN2O/c1-8(2)15-5-6-16-12(17)10-4-3-9(13)7-11(10)14/h3-4,7-8,15H,5-6H2,1-2H3,(H,16,17). The third kappa shape index (κ3) is 4.99. The van der Waals surface area contributed by atoms with Crippen LogP contribution in [-0.2, 0) is 0 Å². The number of hydrogen-bond donors (Lipinski definition) is 2. The summed E-state index contributed by atoms with van der Waals surface area (Å²) in [5, 5.41) is 5.99. The Morgan fingerprint density at radius 3 is 2.71 bits per heavy atom. The Morgan fingerprint density at radius 2 is 2.12 bits per heavy atom. The molecule has 0 fully saturated rings. The first kappa shape index (κ1) is 14.4. The van der Waals surface area contributed by atoms with Crippen LogP contribution in [0, 0.1) is 9.39 Å². The fraction of sp³-hybridized carbons (Fsp3) is 0.417. The Bertz CT molecular complexity index is 396. The SMILES string of the molecule is CC(C)NCCNC(=O)c1ccc(F)cc1I. The highest BCUT2D eigenvalue weighted by Gasteiger charge is 2.09. The highest BCUT2D eigenvalue weighted by molar-refractivity contribution is 14.1.